The number of carbonyl (C=O) groups excluding carboxylic acids is 1. The van der Waals surface area contributed by atoms with Gasteiger partial charge in [0.25, 0.3) is 5.91 Å². The number of carbonyl (C=O) groups is 1. The summed E-state index contributed by atoms with van der Waals surface area (Å²) in [6, 6.07) is 13.0. The molecule has 0 aliphatic rings. The van der Waals surface area contributed by atoms with E-state index in [0.717, 1.165) is 16.9 Å². The fourth-order valence-corrected chi connectivity index (χ4v) is 2.09. The predicted molar refractivity (Wildman–Crippen MR) is 84.4 cm³/mol. The maximum absolute atomic E-state index is 12.2. The molecule has 1 amide bonds. The van der Waals surface area contributed by atoms with Gasteiger partial charge in [-0.3, -0.25) is 4.79 Å². The normalized spacial score (nSPS) is 10.2. The van der Waals surface area contributed by atoms with E-state index in [1.165, 1.54) is 0 Å². The first kappa shape index (κ1) is 14.9. The lowest BCUT2D eigenvalue weighted by atomic mass is 10.1. The van der Waals surface area contributed by atoms with Gasteiger partial charge in [0.2, 0.25) is 0 Å². The lowest BCUT2D eigenvalue weighted by Gasteiger charge is -2.10. The van der Waals surface area contributed by atoms with Crippen LogP contribution in [0.3, 0.4) is 0 Å². The van der Waals surface area contributed by atoms with Crippen molar-refractivity contribution in [2.75, 3.05) is 12.3 Å². The van der Waals surface area contributed by atoms with Crippen molar-refractivity contribution in [3.05, 3.63) is 59.2 Å². The molecular formula is C17H20N2O2. The summed E-state index contributed by atoms with van der Waals surface area (Å²) in [7, 11) is 0. The molecule has 2 rings (SSSR count). The average molecular weight is 284 g/mol. The van der Waals surface area contributed by atoms with Gasteiger partial charge in [-0.2, -0.15) is 0 Å². The third-order valence-corrected chi connectivity index (χ3v) is 3.28. The third-order valence-electron chi connectivity index (χ3n) is 3.28. The highest BCUT2D eigenvalue weighted by Gasteiger charge is 2.10. The number of hydrogen-bond donors (Lipinski definition) is 2. The Morgan fingerprint density at radius 1 is 1.24 bits per heavy atom. The molecule has 110 valence electrons. The Morgan fingerprint density at radius 2 is 2.00 bits per heavy atom. The molecule has 0 saturated heterocycles. The lowest BCUT2D eigenvalue weighted by molar-refractivity contribution is 0.0950. The summed E-state index contributed by atoms with van der Waals surface area (Å²) in [5.41, 5.74) is 8.86. The minimum atomic E-state index is -0.124. The van der Waals surface area contributed by atoms with Gasteiger partial charge in [-0.05, 0) is 49.2 Å². The van der Waals surface area contributed by atoms with Crippen molar-refractivity contribution in [2.45, 2.75) is 20.4 Å². The molecule has 0 aromatic heterocycles. The Kier molecular flexibility index (Phi) is 4.82. The summed E-state index contributed by atoms with van der Waals surface area (Å²) >= 11 is 0. The molecule has 3 N–H and O–H groups in total. The maximum atomic E-state index is 12.2. The number of hydrogen-bond acceptors (Lipinski definition) is 3. The SMILES string of the molecule is CCOc1cccc(CNC(=O)c2cccc(N)c2C)c1. The molecule has 2 aromatic rings. The van der Waals surface area contributed by atoms with E-state index in [2.05, 4.69) is 5.32 Å². The van der Waals surface area contributed by atoms with Gasteiger partial charge >= 0.3 is 0 Å². The molecule has 0 bridgehead atoms. The van der Waals surface area contributed by atoms with Gasteiger partial charge in [0.1, 0.15) is 5.75 Å². The van der Waals surface area contributed by atoms with Crippen LogP contribution in [-0.4, -0.2) is 12.5 Å². The van der Waals surface area contributed by atoms with E-state index in [1.54, 1.807) is 18.2 Å². The van der Waals surface area contributed by atoms with Gasteiger partial charge in [-0.25, -0.2) is 0 Å². The molecule has 0 heterocycles. The van der Waals surface area contributed by atoms with Crippen LogP contribution in [0.25, 0.3) is 0 Å². The highest BCUT2D eigenvalue weighted by atomic mass is 16.5. The number of anilines is 1. The minimum Gasteiger partial charge on any atom is -0.494 e. The number of nitrogens with one attached hydrogen (secondary N) is 1. The van der Waals surface area contributed by atoms with Gasteiger partial charge in [0.05, 0.1) is 6.61 Å². The highest BCUT2D eigenvalue weighted by molar-refractivity contribution is 5.96. The second-order valence-corrected chi connectivity index (χ2v) is 4.78. The number of amides is 1. The van der Waals surface area contributed by atoms with Crippen LogP contribution in [0.15, 0.2) is 42.5 Å². The smallest absolute Gasteiger partial charge is 0.251 e. The van der Waals surface area contributed by atoms with E-state index in [1.807, 2.05) is 38.1 Å². The summed E-state index contributed by atoms with van der Waals surface area (Å²) in [5, 5.41) is 2.90. The fraction of sp³-hybridized carbons (Fsp3) is 0.235. The second-order valence-electron chi connectivity index (χ2n) is 4.78. The number of rotatable bonds is 5. The summed E-state index contributed by atoms with van der Waals surface area (Å²) in [6.07, 6.45) is 0. The number of benzene rings is 2. The Morgan fingerprint density at radius 3 is 2.76 bits per heavy atom. The number of ether oxygens (including phenoxy) is 1. The van der Waals surface area contributed by atoms with Crippen molar-refractivity contribution in [3.8, 4) is 5.75 Å². The first-order valence-corrected chi connectivity index (χ1v) is 6.97. The molecule has 0 spiro atoms. The predicted octanol–water partition coefficient (Wildman–Crippen LogP) is 2.91. The summed E-state index contributed by atoms with van der Waals surface area (Å²) in [6.45, 7) is 4.86. The van der Waals surface area contributed by atoms with E-state index in [9.17, 15) is 4.79 Å². The molecule has 21 heavy (non-hydrogen) atoms. The van der Waals surface area contributed by atoms with Crippen molar-refractivity contribution < 1.29 is 9.53 Å². The monoisotopic (exact) mass is 284 g/mol. The quantitative estimate of drug-likeness (QED) is 0.830. The van der Waals surface area contributed by atoms with Crippen LogP contribution >= 0.6 is 0 Å². The van der Waals surface area contributed by atoms with Crippen molar-refractivity contribution in [2.24, 2.45) is 0 Å². The summed E-state index contributed by atoms with van der Waals surface area (Å²) in [4.78, 5) is 12.2. The molecule has 0 fully saturated rings. The summed E-state index contributed by atoms with van der Waals surface area (Å²) in [5.74, 6) is 0.686. The zero-order chi connectivity index (χ0) is 15.2. The molecule has 0 unspecified atom stereocenters. The van der Waals surface area contributed by atoms with E-state index < -0.39 is 0 Å². The number of nitrogens with two attached hydrogens (primary N) is 1. The Hall–Kier alpha value is -2.49. The van der Waals surface area contributed by atoms with Crippen molar-refractivity contribution in [1.29, 1.82) is 0 Å². The fourth-order valence-electron chi connectivity index (χ4n) is 2.09. The summed E-state index contributed by atoms with van der Waals surface area (Å²) < 4.78 is 5.44. The Balaban J connectivity index is 2.04. The van der Waals surface area contributed by atoms with E-state index >= 15 is 0 Å². The van der Waals surface area contributed by atoms with Gasteiger partial charge in [-0.1, -0.05) is 18.2 Å². The molecule has 0 saturated carbocycles. The van der Waals surface area contributed by atoms with Crippen LogP contribution in [0.1, 0.15) is 28.4 Å². The van der Waals surface area contributed by atoms with Crippen LogP contribution in [0.2, 0.25) is 0 Å². The van der Waals surface area contributed by atoms with Crippen molar-refractivity contribution >= 4 is 11.6 Å². The molecule has 4 nitrogen and oxygen atoms in total. The van der Waals surface area contributed by atoms with Crippen LogP contribution in [0.5, 0.6) is 5.75 Å². The standard InChI is InChI=1S/C17H20N2O2/c1-3-21-14-7-4-6-13(10-14)11-19-17(20)15-8-5-9-16(18)12(15)2/h4-10H,3,11,18H2,1-2H3,(H,19,20). The molecular weight excluding hydrogens is 264 g/mol. The van der Waals surface area contributed by atoms with Gasteiger partial charge < -0.3 is 15.8 Å². The van der Waals surface area contributed by atoms with Crippen LogP contribution in [0, 0.1) is 6.92 Å². The highest BCUT2D eigenvalue weighted by Crippen LogP contribution is 2.16. The molecule has 0 radical (unpaired) electrons. The number of nitrogen functional groups attached to an aromatic ring is 1. The Bertz CT molecular complexity index is 638. The van der Waals surface area contributed by atoms with Crippen molar-refractivity contribution in [1.82, 2.24) is 5.32 Å². The van der Waals surface area contributed by atoms with Gasteiger partial charge in [0, 0.05) is 17.8 Å². The largest absolute Gasteiger partial charge is 0.494 e. The van der Waals surface area contributed by atoms with Crippen LogP contribution in [0.4, 0.5) is 5.69 Å². The van der Waals surface area contributed by atoms with Crippen molar-refractivity contribution in [3.63, 3.8) is 0 Å². The molecule has 0 atom stereocenters. The average Bonchev–Trinajstić information content (AvgIpc) is 2.48. The lowest BCUT2D eigenvalue weighted by Crippen LogP contribution is -2.23. The molecule has 0 aliphatic carbocycles. The van der Waals surface area contributed by atoms with Gasteiger partial charge in [-0.15, -0.1) is 0 Å². The zero-order valence-corrected chi connectivity index (χ0v) is 12.3. The molecule has 0 aliphatic heterocycles. The molecule has 2 aromatic carbocycles. The van der Waals surface area contributed by atoms with Crippen LogP contribution < -0.4 is 15.8 Å². The minimum absolute atomic E-state index is 0.124. The van der Waals surface area contributed by atoms with Crippen LogP contribution in [-0.2, 0) is 6.54 Å². The van der Waals surface area contributed by atoms with E-state index in [0.29, 0.717) is 24.4 Å². The third kappa shape index (κ3) is 3.75. The Labute approximate surface area is 124 Å². The van der Waals surface area contributed by atoms with Gasteiger partial charge in [0.15, 0.2) is 0 Å². The first-order valence-electron chi connectivity index (χ1n) is 6.97. The molecule has 4 heteroatoms. The van der Waals surface area contributed by atoms with E-state index in [4.69, 9.17) is 10.5 Å². The second kappa shape index (κ2) is 6.79. The first-order chi connectivity index (χ1) is 10.1. The van der Waals surface area contributed by atoms with E-state index in [-0.39, 0.29) is 5.91 Å². The zero-order valence-electron chi connectivity index (χ0n) is 12.3. The maximum Gasteiger partial charge on any atom is 0.251 e. The topological polar surface area (TPSA) is 64.3 Å².